The number of hydrogen-bond acceptors (Lipinski definition) is 1. The number of amides is 1. The maximum Gasteiger partial charge on any atom is 0.223 e. The summed E-state index contributed by atoms with van der Waals surface area (Å²) in [5.41, 5.74) is 0. The number of rotatable bonds is 3. The van der Waals surface area contributed by atoms with Gasteiger partial charge in [-0.25, -0.2) is 0 Å². The highest BCUT2D eigenvalue weighted by atomic mass is 35.5. The lowest BCUT2D eigenvalue weighted by molar-refractivity contribution is -0.127. The lowest BCUT2D eigenvalue weighted by Gasteiger charge is -2.39. The van der Waals surface area contributed by atoms with E-state index in [1.165, 1.54) is 51.4 Å². The number of halogens is 1. The van der Waals surface area contributed by atoms with E-state index < -0.39 is 0 Å². The molecule has 21 heavy (non-hydrogen) atoms. The van der Waals surface area contributed by atoms with Crippen molar-refractivity contribution in [2.24, 2.45) is 23.7 Å². The largest absolute Gasteiger partial charge is 0.356 e. The van der Waals surface area contributed by atoms with Gasteiger partial charge in [-0.2, -0.15) is 0 Å². The molecule has 5 unspecified atom stereocenters. The minimum atomic E-state index is 0.271. The van der Waals surface area contributed by atoms with Gasteiger partial charge in [-0.15, -0.1) is 11.6 Å². The van der Waals surface area contributed by atoms with Crippen LogP contribution in [-0.2, 0) is 4.79 Å². The van der Waals surface area contributed by atoms with E-state index in [2.05, 4.69) is 5.32 Å². The molecule has 0 spiro atoms. The molecule has 0 heterocycles. The SMILES string of the molecule is O=C(NCC1CCCCC1Cl)C1CCC2CCCCC2C1. The molecule has 3 aliphatic carbocycles. The van der Waals surface area contributed by atoms with Gasteiger partial charge in [-0.3, -0.25) is 4.79 Å². The van der Waals surface area contributed by atoms with Gasteiger partial charge in [-0.05, 0) is 49.9 Å². The topological polar surface area (TPSA) is 29.1 Å². The van der Waals surface area contributed by atoms with Crippen molar-refractivity contribution >= 4 is 17.5 Å². The molecule has 3 heteroatoms. The minimum Gasteiger partial charge on any atom is -0.356 e. The smallest absolute Gasteiger partial charge is 0.223 e. The van der Waals surface area contributed by atoms with Crippen LogP contribution in [0.4, 0.5) is 0 Å². The van der Waals surface area contributed by atoms with E-state index in [4.69, 9.17) is 11.6 Å². The molecule has 3 fully saturated rings. The van der Waals surface area contributed by atoms with Crippen LogP contribution >= 0.6 is 11.6 Å². The van der Waals surface area contributed by atoms with Gasteiger partial charge in [0.05, 0.1) is 0 Å². The summed E-state index contributed by atoms with van der Waals surface area (Å²) in [7, 11) is 0. The Morgan fingerprint density at radius 3 is 2.43 bits per heavy atom. The average molecular weight is 312 g/mol. The molecule has 1 N–H and O–H groups in total. The molecule has 0 bridgehead atoms. The van der Waals surface area contributed by atoms with Crippen molar-refractivity contribution in [1.29, 1.82) is 0 Å². The monoisotopic (exact) mass is 311 g/mol. The third kappa shape index (κ3) is 3.94. The third-order valence-corrected chi connectivity index (χ3v) is 6.84. The van der Waals surface area contributed by atoms with Crippen molar-refractivity contribution in [3.8, 4) is 0 Å². The fraction of sp³-hybridized carbons (Fsp3) is 0.944. The van der Waals surface area contributed by atoms with Crippen LogP contribution in [0.5, 0.6) is 0 Å². The zero-order valence-electron chi connectivity index (χ0n) is 13.2. The molecule has 3 aliphatic rings. The summed E-state index contributed by atoms with van der Waals surface area (Å²) in [5, 5.41) is 3.50. The highest BCUT2D eigenvalue weighted by Crippen LogP contribution is 2.42. The van der Waals surface area contributed by atoms with E-state index in [0.29, 0.717) is 11.8 Å². The second-order valence-corrected chi connectivity index (χ2v) is 8.18. The van der Waals surface area contributed by atoms with Gasteiger partial charge in [0, 0.05) is 17.8 Å². The van der Waals surface area contributed by atoms with E-state index in [9.17, 15) is 4.79 Å². The van der Waals surface area contributed by atoms with Crippen molar-refractivity contribution in [1.82, 2.24) is 5.32 Å². The van der Waals surface area contributed by atoms with E-state index in [-0.39, 0.29) is 11.3 Å². The molecule has 0 aromatic rings. The number of hydrogen-bond donors (Lipinski definition) is 1. The number of alkyl halides is 1. The summed E-state index contributed by atoms with van der Waals surface area (Å²) in [4.78, 5) is 12.5. The van der Waals surface area contributed by atoms with Crippen molar-refractivity contribution in [3.63, 3.8) is 0 Å². The summed E-state index contributed by atoms with van der Waals surface area (Å²) in [6.07, 6.45) is 13.9. The molecule has 0 saturated heterocycles. The average Bonchev–Trinajstić information content (AvgIpc) is 2.53. The van der Waals surface area contributed by atoms with Crippen molar-refractivity contribution in [2.45, 2.75) is 76.0 Å². The quantitative estimate of drug-likeness (QED) is 0.764. The molecule has 5 atom stereocenters. The lowest BCUT2D eigenvalue weighted by Crippen LogP contribution is -2.40. The van der Waals surface area contributed by atoms with Gasteiger partial charge < -0.3 is 5.32 Å². The first-order valence-electron chi connectivity index (χ1n) is 9.16. The first-order valence-corrected chi connectivity index (χ1v) is 9.59. The Labute approximate surface area is 134 Å². The summed E-state index contributed by atoms with van der Waals surface area (Å²) < 4.78 is 0. The van der Waals surface area contributed by atoms with E-state index in [1.807, 2.05) is 0 Å². The summed E-state index contributed by atoms with van der Waals surface area (Å²) in [5.74, 6) is 2.85. The normalized spacial score (nSPS) is 40.3. The van der Waals surface area contributed by atoms with Gasteiger partial charge in [0.1, 0.15) is 0 Å². The van der Waals surface area contributed by atoms with E-state index >= 15 is 0 Å². The van der Waals surface area contributed by atoms with Crippen molar-refractivity contribution in [3.05, 3.63) is 0 Å². The summed E-state index contributed by atoms with van der Waals surface area (Å²) in [6, 6.07) is 0. The van der Waals surface area contributed by atoms with Gasteiger partial charge in [0.25, 0.3) is 0 Å². The second-order valence-electron chi connectivity index (χ2n) is 7.62. The highest BCUT2D eigenvalue weighted by molar-refractivity contribution is 6.20. The standard InChI is InChI=1S/C18H30ClNO/c19-17-8-4-3-7-16(17)12-20-18(21)15-10-9-13-5-1-2-6-14(13)11-15/h13-17H,1-12H2,(H,20,21). The molecule has 0 aliphatic heterocycles. The lowest BCUT2D eigenvalue weighted by atomic mass is 9.67. The Kier molecular flexibility index (Phi) is 5.48. The number of fused-ring (bicyclic) bond motifs is 1. The van der Waals surface area contributed by atoms with Crippen LogP contribution in [0.3, 0.4) is 0 Å². The zero-order valence-corrected chi connectivity index (χ0v) is 13.9. The highest BCUT2D eigenvalue weighted by Gasteiger charge is 2.35. The second kappa shape index (κ2) is 7.35. The Hall–Kier alpha value is -0.240. The van der Waals surface area contributed by atoms with Crippen LogP contribution in [0.2, 0.25) is 0 Å². The number of carbonyl (C=O) groups is 1. The van der Waals surface area contributed by atoms with Crippen molar-refractivity contribution < 1.29 is 4.79 Å². The number of carbonyl (C=O) groups excluding carboxylic acids is 1. The molecule has 120 valence electrons. The molecule has 1 amide bonds. The predicted molar refractivity (Wildman–Crippen MR) is 87.4 cm³/mol. The summed E-state index contributed by atoms with van der Waals surface area (Å²) >= 11 is 6.39. The third-order valence-electron chi connectivity index (χ3n) is 6.27. The Balaban J connectivity index is 1.44. The van der Waals surface area contributed by atoms with E-state index in [0.717, 1.165) is 37.6 Å². The minimum absolute atomic E-state index is 0.271. The van der Waals surface area contributed by atoms with Crippen LogP contribution in [-0.4, -0.2) is 17.8 Å². The molecule has 3 saturated carbocycles. The molecule has 0 aromatic carbocycles. The number of nitrogens with one attached hydrogen (secondary N) is 1. The van der Waals surface area contributed by atoms with Crippen molar-refractivity contribution in [2.75, 3.05) is 6.54 Å². The molecule has 0 aromatic heterocycles. The van der Waals surface area contributed by atoms with Crippen LogP contribution in [0.1, 0.15) is 70.6 Å². The molecule has 0 radical (unpaired) electrons. The van der Waals surface area contributed by atoms with Crippen LogP contribution < -0.4 is 5.32 Å². The summed E-state index contributed by atoms with van der Waals surface area (Å²) in [6.45, 7) is 0.803. The first-order chi connectivity index (χ1) is 10.2. The molecular weight excluding hydrogens is 282 g/mol. The van der Waals surface area contributed by atoms with E-state index in [1.54, 1.807) is 0 Å². The van der Waals surface area contributed by atoms with Gasteiger partial charge in [-0.1, -0.05) is 38.5 Å². The first kappa shape index (κ1) is 15.6. The Morgan fingerprint density at radius 1 is 0.905 bits per heavy atom. The van der Waals surface area contributed by atoms with Crippen LogP contribution in [0.15, 0.2) is 0 Å². The molecule has 2 nitrogen and oxygen atoms in total. The van der Waals surface area contributed by atoms with Gasteiger partial charge in [0.15, 0.2) is 0 Å². The Morgan fingerprint density at radius 2 is 1.62 bits per heavy atom. The maximum atomic E-state index is 12.5. The predicted octanol–water partition coefficient (Wildman–Crippen LogP) is 4.51. The van der Waals surface area contributed by atoms with Gasteiger partial charge >= 0.3 is 0 Å². The molecular formula is C18H30ClNO. The maximum absolute atomic E-state index is 12.5. The van der Waals surface area contributed by atoms with Crippen LogP contribution in [0, 0.1) is 23.7 Å². The van der Waals surface area contributed by atoms with Gasteiger partial charge in [0.2, 0.25) is 5.91 Å². The Bertz CT molecular complexity index is 359. The fourth-order valence-electron chi connectivity index (χ4n) is 4.88. The molecule has 3 rings (SSSR count). The van der Waals surface area contributed by atoms with Crippen LogP contribution in [0.25, 0.3) is 0 Å². The fourth-order valence-corrected chi connectivity index (χ4v) is 5.25. The zero-order chi connectivity index (χ0) is 14.7.